The van der Waals surface area contributed by atoms with Crippen LogP contribution in [0.25, 0.3) is 0 Å². The Balaban J connectivity index is 2.47. The molecule has 1 atom stereocenters. The first-order chi connectivity index (χ1) is 9.54. The highest BCUT2D eigenvalue weighted by Crippen LogP contribution is 2.31. The van der Waals surface area contributed by atoms with Gasteiger partial charge in [-0.25, -0.2) is 4.79 Å². The lowest BCUT2D eigenvalue weighted by Gasteiger charge is -2.34. The van der Waals surface area contributed by atoms with E-state index in [9.17, 15) is 14.9 Å². The number of nitriles is 1. The monoisotopic (exact) mass is 277 g/mol. The molecule has 20 heavy (non-hydrogen) atoms. The summed E-state index contributed by atoms with van der Waals surface area (Å²) in [7, 11) is 0. The van der Waals surface area contributed by atoms with Crippen molar-refractivity contribution in [3.8, 4) is 6.07 Å². The van der Waals surface area contributed by atoms with Gasteiger partial charge in [0.2, 0.25) is 0 Å². The molecule has 1 fully saturated rings. The van der Waals surface area contributed by atoms with E-state index in [2.05, 4.69) is 0 Å². The van der Waals surface area contributed by atoms with Gasteiger partial charge >= 0.3 is 5.97 Å². The molecule has 104 valence electrons. The molecule has 0 aliphatic carbocycles. The smallest absolute Gasteiger partial charge is 0.328 e. The first-order valence-corrected chi connectivity index (χ1v) is 5.80. The summed E-state index contributed by atoms with van der Waals surface area (Å²) in [6, 6.07) is 4.82. The molecular formula is C12H11N3O5. The Kier molecular flexibility index (Phi) is 3.81. The molecule has 0 saturated carbocycles. The number of carboxylic acid groups (broad SMARTS) is 1. The maximum absolute atomic E-state index is 11.2. The van der Waals surface area contributed by atoms with E-state index in [4.69, 9.17) is 15.1 Å². The fraction of sp³-hybridized carbons (Fsp3) is 0.333. The van der Waals surface area contributed by atoms with E-state index in [1.165, 1.54) is 17.0 Å². The van der Waals surface area contributed by atoms with Gasteiger partial charge < -0.3 is 14.7 Å². The molecule has 1 unspecified atom stereocenters. The number of rotatable bonds is 3. The number of ether oxygens (including phenoxy) is 1. The van der Waals surface area contributed by atoms with E-state index in [0.29, 0.717) is 6.61 Å². The van der Waals surface area contributed by atoms with Gasteiger partial charge in [0.05, 0.1) is 29.8 Å². The lowest BCUT2D eigenvalue weighted by atomic mass is 10.1. The SMILES string of the molecule is N#Cc1ccc(N2CCOCC2C(=O)O)c([N+](=O)[O-])c1. The van der Waals surface area contributed by atoms with Crippen molar-refractivity contribution in [1.82, 2.24) is 0 Å². The van der Waals surface area contributed by atoms with Crippen LogP contribution in [0.3, 0.4) is 0 Å². The molecule has 1 aromatic rings. The summed E-state index contributed by atoms with van der Waals surface area (Å²) in [5.41, 5.74) is 0.0579. The highest BCUT2D eigenvalue weighted by Gasteiger charge is 2.33. The van der Waals surface area contributed by atoms with Crippen molar-refractivity contribution in [3.63, 3.8) is 0 Å². The second-order valence-electron chi connectivity index (χ2n) is 4.19. The topological polar surface area (TPSA) is 117 Å². The van der Waals surface area contributed by atoms with E-state index >= 15 is 0 Å². The number of nitro groups is 1. The standard InChI is InChI=1S/C12H11N3O5/c13-6-8-1-2-9(10(5-8)15(18)19)14-3-4-20-7-11(14)12(16)17/h1-2,5,11H,3-4,7H2,(H,16,17). The Morgan fingerprint density at radius 3 is 2.95 bits per heavy atom. The zero-order valence-electron chi connectivity index (χ0n) is 10.4. The number of nitro benzene ring substituents is 1. The van der Waals surface area contributed by atoms with Gasteiger partial charge in [-0.2, -0.15) is 5.26 Å². The lowest BCUT2D eigenvalue weighted by Crippen LogP contribution is -2.50. The van der Waals surface area contributed by atoms with Crippen LogP contribution in [0.4, 0.5) is 11.4 Å². The Morgan fingerprint density at radius 2 is 2.35 bits per heavy atom. The third kappa shape index (κ3) is 2.53. The largest absolute Gasteiger partial charge is 0.480 e. The fourth-order valence-electron chi connectivity index (χ4n) is 2.08. The first-order valence-electron chi connectivity index (χ1n) is 5.80. The number of benzene rings is 1. The zero-order chi connectivity index (χ0) is 14.7. The van der Waals surface area contributed by atoms with Crippen LogP contribution in [0.5, 0.6) is 0 Å². The fourth-order valence-corrected chi connectivity index (χ4v) is 2.08. The van der Waals surface area contributed by atoms with Crippen LogP contribution in [0.1, 0.15) is 5.56 Å². The summed E-state index contributed by atoms with van der Waals surface area (Å²) in [5.74, 6) is -1.11. The van der Waals surface area contributed by atoms with Crippen molar-refractivity contribution in [2.45, 2.75) is 6.04 Å². The minimum atomic E-state index is -1.11. The van der Waals surface area contributed by atoms with Gasteiger partial charge in [-0.15, -0.1) is 0 Å². The minimum absolute atomic E-state index is 0.0352. The quantitative estimate of drug-likeness (QED) is 0.640. The summed E-state index contributed by atoms with van der Waals surface area (Å²) in [4.78, 5) is 23.1. The number of hydrogen-bond donors (Lipinski definition) is 1. The Morgan fingerprint density at radius 1 is 1.60 bits per heavy atom. The summed E-state index contributed by atoms with van der Waals surface area (Å²) in [6.45, 7) is 0.497. The maximum atomic E-state index is 11.2. The van der Waals surface area contributed by atoms with Crippen molar-refractivity contribution < 1.29 is 19.6 Å². The number of carbonyl (C=O) groups is 1. The molecule has 1 N–H and O–H groups in total. The van der Waals surface area contributed by atoms with Crippen molar-refractivity contribution in [2.24, 2.45) is 0 Å². The molecule has 0 radical (unpaired) electrons. The number of carboxylic acids is 1. The summed E-state index contributed by atoms with van der Waals surface area (Å²) < 4.78 is 5.10. The predicted molar refractivity (Wildman–Crippen MR) is 67.4 cm³/mol. The second kappa shape index (κ2) is 5.54. The highest BCUT2D eigenvalue weighted by atomic mass is 16.6. The van der Waals surface area contributed by atoms with Gasteiger partial charge in [0.1, 0.15) is 5.69 Å². The van der Waals surface area contributed by atoms with Gasteiger partial charge in [0.15, 0.2) is 6.04 Å². The maximum Gasteiger partial charge on any atom is 0.328 e. The van der Waals surface area contributed by atoms with Crippen LogP contribution >= 0.6 is 0 Å². The average molecular weight is 277 g/mol. The number of hydrogen-bond acceptors (Lipinski definition) is 6. The van der Waals surface area contributed by atoms with Gasteiger partial charge in [-0.1, -0.05) is 0 Å². The molecular weight excluding hydrogens is 266 g/mol. The van der Waals surface area contributed by atoms with Crippen LogP contribution < -0.4 is 4.90 Å². The number of morpholine rings is 1. The lowest BCUT2D eigenvalue weighted by molar-refractivity contribution is -0.384. The van der Waals surface area contributed by atoms with Crippen LogP contribution in [-0.2, 0) is 9.53 Å². The van der Waals surface area contributed by atoms with Crippen molar-refractivity contribution >= 4 is 17.3 Å². The van der Waals surface area contributed by atoms with Gasteiger partial charge in [-0.3, -0.25) is 10.1 Å². The van der Waals surface area contributed by atoms with E-state index in [1.807, 2.05) is 6.07 Å². The third-order valence-corrected chi connectivity index (χ3v) is 3.02. The number of aliphatic carboxylic acids is 1. The van der Waals surface area contributed by atoms with Crippen LogP contribution in [-0.4, -0.2) is 41.8 Å². The predicted octanol–water partition coefficient (Wildman–Crippen LogP) is 0.756. The van der Waals surface area contributed by atoms with Crippen LogP contribution in [0.15, 0.2) is 18.2 Å². The van der Waals surface area contributed by atoms with Crippen molar-refractivity contribution in [1.29, 1.82) is 5.26 Å². The zero-order valence-corrected chi connectivity index (χ0v) is 10.4. The minimum Gasteiger partial charge on any atom is -0.480 e. The molecule has 1 aliphatic heterocycles. The van der Waals surface area contributed by atoms with E-state index in [-0.39, 0.29) is 30.1 Å². The Bertz CT molecular complexity index is 595. The number of nitrogens with zero attached hydrogens (tertiary/aromatic N) is 3. The molecule has 1 aromatic carbocycles. The van der Waals surface area contributed by atoms with Crippen molar-refractivity contribution in [2.75, 3.05) is 24.7 Å². The first kappa shape index (κ1) is 13.8. The molecule has 0 bridgehead atoms. The van der Waals surface area contributed by atoms with Crippen LogP contribution in [0.2, 0.25) is 0 Å². The summed E-state index contributed by atoms with van der Waals surface area (Å²) in [5, 5.41) is 29.0. The normalized spacial score (nSPS) is 18.4. The summed E-state index contributed by atoms with van der Waals surface area (Å²) in [6.07, 6.45) is 0. The summed E-state index contributed by atoms with van der Waals surface area (Å²) >= 11 is 0. The number of anilines is 1. The molecule has 8 heteroatoms. The molecule has 0 amide bonds. The van der Waals surface area contributed by atoms with Crippen LogP contribution in [0, 0.1) is 21.4 Å². The molecule has 1 heterocycles. The Labute approximate surface area is 113 Å². The second-order valence-corrected chi connectivity index (χ2v) is 4.19. The van der Waals surface area contributed by atoms with E-state index < -0.39 is 16.9 Å². The molecule has 0 spiro atoms. The highest BCUT2D eigenvalue weighted by molar-refractivity contribution is 5.81. The molecule has 0 aromatic heterocycles. The van der Waals surface area contributed by atoms with Gasteiger partial charge in [-0.05, 0) is 12.1 Å². The van der Waals surface area contributed by atoms with Gasteiger partial charge in [0.25, 0.3) is 5.69 Å². The molecule has 8 nitrogen and oxygen atoms in total. The van der Waals surface area contributed by atoms with Gasteiger partial charge in [0, 0.05) is 12.6 Å². The van der Waals surface area contributed by atoms with E-state index in [1.54, 1.807) is 0 Å². The molecule has 1 saturated heterocycles. The average Bonchev–Trinajstić information content (AvgIpc) is 2.46. The Hall–Kier alpha value is -2.66. The third-order valence-electron chi connectivity index (χ3n) is 3.02. The van der Waals surface area contributed by atoms with E-state index in [0.717, 1.165) is 6.07 Å². The molecule has 1 aliphatic rings. The van der Waals surface area contributed by atoms with Crippen molar-refractivity contribution in [3.05, 3.63) is 33.9 Å². The molecule has 2 rings (SSSR count).